The zero-order chi connectivity index (χ0) is 10.9. The predicted molar refractivity (Wildman–Crippen MR) is 60.3 cm³/mol. The molecule has 1 unspecified atom stereocenters. The van der Waals surface area contributed by atoms with E-state index in [1.165, 1.54) is 0 Å². The molecule has 0 amide bonds. The van der Waals surface area contributed by atoms with E-state index in [1.807, 2.05) is 18.2 Å². The van der Waals surface area contributed by atoms with E-state index in [-0.39, 0.29) is 5.41 Å². The molecule has 0 radical (unpaired) electrons. The van der Waals surface area contributed by atoms with Crippen molar-refractivity contribution in [2.45, 2.75) is 32.3 Å². The van der Waals surface area contributed by atoms with E-state index in [1.54, 1.807) is 12.4 Å². The van der Waals surface area contributed by atoms with Crippen LogP contribution in [-0.4, -0.2) is 10.1 Å². The topological polar surface area (TPSA) is 33.1 Å². The van der Waals surface area contributed by atoms with Gasteiger partial charge in [-0.15, -0.1) is 0 Å². The summed E-state index contributed by atoms with van der Waals surface area (Å²) in [5.41, 5.74) is 0.273. The lowest BCUT2D eigenvalue weighted by Crippen LogP contribution is -2.29. The van der Waals surface area contributed by atoms with Crippen molar-refractivity contribution < 1.29 is 5.11 Å². The number of hydrogen-bond donors (Lipinski definition) is 1. The monoisotopic (exact) mass is 203 g/mol. The molecule has 1 aliphatic rings. The Balaban J connectivity index is 2.31. The van der Waals surface area contributed by atoms with Gasteiger partial charge >= 0.3 is 0 Å². The largest absolute Gasteiger partial charge is 0.381 e. The van der Waals surface area contributed by atoms with Crippen molar-refractivity contribution in [3.8, 4) is 0 Å². The molecule has 1 aliphatic carbocycles. The molecular weight excluding hydrogens is 186 g/mol. The van der Waals surface area contributed by atoms with Gasteiger partial charge in [-0.05, 0) is 24.3 Å². The summed E-state index contributed by atoms with van der Waals surface area (Å²) in [6.07, 6.45) is 9.24. The summed E-state index contributed by atoms with van der Waals surface area (Å²) >= 11 is 0. The smallest absolute Gasteiger partial charge is 0.109 e. The van der Waals surface area contributed by atoms with Crippen LogP contribution in [-0.2, 0) is 5.60 Å². The molecule has 1 heterocycles. The van der Waals surface area contributed by atoms with E-state index in [0.717, 1.165) is 18.4 Å². The first-order valence-corrected chi connectivity index (χ1v) is 5.35. The van der Waals surface area contributed by atoms with Gasteiger partial charge in [0.1, 0.15) is 5.60 Å². The van der Waals surface area contributed by atoms with E-state index >= 15 is 0 Å². The van der Waals surface area contributed by atoms with Crippen LogP contribution in [0.2, 0.25) is 0 Å². The van der Waals surface area contributed by atoms with Crippen molar-refractivity contribution >= 4 is 0 Å². The summed E-state index contributed by atoms with van der Waals surface area (Å²) in [5.74, 6) is 0. The molecule has 0 saturated carbocycles. The van der Waals surface area contributed by atoms with E-state index in [4.69, 9.17) is 0 Å². The van der Waals surface area contributed by atoms with Gasteiger partial charge in [0.05, 0.1) is 0 Å². The minimum Gasteiger partial charge on any atom is -0.381 e. The molecule has 0 spiro atoms. The Kier molecular flexibility index (Phi) is 2.39. The molecule has 15 heavy (non-hydrogen) atoms. The van der Waals surface area contributed by atoms with E-state index in [2.05, 4.69) is 24.9 Å². The maximum Gasteiger partial charge on any atom is 0.109 e. The van der Waals surface area contributed by atoms with Crippen LogP contribution in [0.3, 0.4) is 0 Å². The number of hydrogen-bond acceptors (Lipinski definition) is 2. The first-order chi connectivity index (χ1) is 7.02. The molecule has 0 aromatic carbocycles. The molecule has 2 rings (SSSR count). The van der Waals surface area contributed by atoms with Crippen molar-refractivity contribution in [3.63, 3.8) is 0 Å². The van der Waals surface area contributed by atoms with Crippen LogP contribution in [0.15, 0.2) is 36.7 Å². The molecule has 80 valence electrons. The summed E-state index contributed by atoms with van der Waals surface area (Å²) in [5, 5.41) is 10.4. The van der Waals surface area contributed by atoms with Crippen molar-refractivity contribution in [1.82, 2.24) is 4.98 Å². The molecule has 1 N–H and O–H groups in total. The normalized spacial score (nSPS) is 29.0. The third kappa shape index (κ3) is 2.10. The quantitative estimate of drug-likeness (QED) is 0.712. The zero-order valence-electron chi connectivity index (χ0n) is 9.27. The van der Waals surface area contributed by atoms with Crippen LogP contribution >= 0.6 is 0 Å². The second-order valence-electron chi connectivity index (χ2n) is 4.99. The molecule has 1 aromatic heterocycles. The molecule has 2 nitrogen and oxygen atoms in total. The fourth-order valence-corrected chi connectivity index (χ4v) is 1.90. The van der Waals surface area contributed by atoms with Gasteiger partial charge in [-0.1, -0.05) is 32.1 Å². The number of aromatic nitrogens is 1. The van der Waals surface area contributed by atoms with Crippen LogP contribution in [0.25, 0.3) is 0 Å². The molecule has 1 atom stereocenters. The Bertz CT molecular complexity index is 369. The lowest BCUT2D eigenvalue weighted by molar-refractivity contribution is 0.0578. The Morgan fingerprint density at radius 1 is 1.27 bits per heavy atom. The molecule has 2 heteroatoms. The first kappa shape index (κ1) is 10.4. The second-order valence-corrected chi connectivity index (χ2v) is 4.99. The van der Waals surface area contributed by atoms with Gasteiger partial charge in [-0.25, -0.2) is 0 Å². The summed E-state index contributed by atoms with van der Waals surface area (Å²) in [7, 11) is 0. The highest BCUT2D eigenvalue weighted by Gasteiger charge is 2.33. The summed E-state index contributed by atoms with van der Waals surface area (Å²) in [6.45, 7) is 4.37. The van der Waals surface area contributed by atoms with Gasteiger partial charge in [-0.3, -0.25) is 4.98 Å². The van der Waals surface area contributed by atoms with E-state index in [0.29, 0.717) is 0 Å². The number of aliphatic hydroxyl groups is 1. The number of allylic oxidation sites excluding steroid dienone is 1. The van der Waals surface area contributed by atoms with Crippen LogP contribution in [0.5, 0.6) is 0 Å². The molecule has 0 bridgehead atoms. The maximum atomic E-state index is 10.4. The Labute approximate surface area is 90.7 Å². The molecular formula is C13H17NO. The lowest BCUT2D eigenvalue weighted by Gasteiger charge is -2.34. The average Bonchev–Trinajstić information content (AvgIpc) is 2.24. The van der Waals surface area contributed by atoms with Gasteiger partial charge in [0, 0.05) is 18.0 Å². The minimum atomic E-state index is -0.816. The third-order valence-corrected chi connectivity index (χ3v) is 3.12. The SMILES string of the molecule is CC1(C)C=CC(O)(c2cccnc2)CC1. The standard InChI is InChI=1S/C13H17NO/c1-12(2)5-7-13(15,8-6-12)11-4-3-9-14-10-11/h3-5,7,9-10,15H,6,8H2,1-2H3. The van der Waals surface area contributed by atoms with Crippen LogP contribution in [0, 0.1) is 5.41 Å². The Morgan fingerprint density at radius 3 is 2.60 bits per heavy atom. The van der Waals surface area contributed by atoms with Crippen molar-refractivity contribution in [2.75, 3.05) is 0 Å². The molecule has 1 aromatic rings. The fraction of sp³-hybridized carbons (Fsp3) is 0.462. The van der Waals surface area contributed by atoms with Gasteiger partial charge < -0.3 is 5.11 Å². The first-order valence-electron chi connectivity index (χ1n) is 5.35. The fourth-order valence-electron chi connectivity index (χ4n) is 1.90. The number of rotatable bonds is 1. The van der Waals surface area contributed by atoms with Gasteiger partial charge in [-0.2, -0.15) is 0 Å². The average molecular weight is 203 g/mol. The maximum absolute atomic E-state index is 10.4. The van der Waals surface area contributed by atoms with Crippen molar-refractivity contribution in [3.05, 3.63) is 42.2 Å². The van der Waals surface area contributed by atoms with Crippen LogP contribution in [0.1, 0.15) is 32.3 Å². The highest BCUT2D eigenvalue weighted by molar-refractivity contribution is 5.27. The van der Waals surface area contributed by atoms with E-state index < -0.39 is 5.60 Å². The zero-order valence-corrected chi connectivity index (χ0v) is 9.27. The third-order valence-electron chi connectivity index (χ3n) is 3.12. The van der Waals surface area contributed by atoms with Gasteiger partial charge in [0.2, 0.25) is 0 Å². The van der Waals surface area contributed by atoms with Crippen molar-refractivity contribution in [2.24, 2.45) is 5.41 Å². The molecule has 0 aliphatic heterocycles. The molecule has 0 fully saturated rings. The summed E-state index contributed by atoms with van der Waals surface area (Å²) in [6, 6.07) is 3.79. The van der Waals surface area contributed by atoms with Gasteiger partial charge in [0.25, 0.3) is 0 Å². The predicted octanol–water partition coefficient (Wildman–Crippen LogP) is 2.65. The van der Waals surface area contributed by atoms with E-state index in [9.17, 15) is 5.11 Å². The number of pyridine rings is 1. The second kappa shape index (κ2) is 3.46. The lowest BCUT2D eigenvalue weighted by atomic mass is 9.75. The molecule has 0 saturated heterocycles. The summed E-state index contributed by atoms with van der Waals surface area (Å²) < 4.78 is 0. The Morgan fingerprint density at radius 2 is 2.07 bits per heavy atom. The van der Waals surface area contributed by atoms with Crippen molar-refractivity contribution in [1.29, 1.82) is 0 Å². The van der Waals surface area contributed by atoms with Crippen LogP contribution < -0.4 is 0 Å². The number of nitrogens with zero attached hydrogens (tertiary/aromatic N) is 1. The Hall–Kier alpha value is -1.15. The van der Waals surface area contributed by atoms with Crippen LogP contribution in [0.4, 0.5) is 0 Å². The minimum absolute atomic E-state index is 0.203. The highest BCUT2D eigenvalue weighted by Crippen LogP contribution is 2.39. The summed E-state index contributed by atoms with van der Waals surface area (Å²) in [4.78, 5) is 4.05. The van der Waals surface area contributed by atoms with Gasteiger partial charge in [0.15, 0.2) is 0 Å². The highest BCUT2D eigenvalue weighted by atomic mass is 16.3.